The first kappa shape index (κ1) is 12.0. The highest BCUT2D eigenvalue weighted by Gasteiger charge is 2.15. The number of carbonyl (C=O) groups excluding carboxylic acids is 3. The third-order valence-electron chi connectivity index (χ3n) is 1.53. The SMILES string of the molecule is CC(=O)Nc1cc(C(N)=O)c(NC(N)=O)s1. The standard InChI is InChI=1S/C8H10N4O3S/c1-3(13)11-5-2-4(6(9)14)7(16-5)12-8(10)15/h2H,1H3,(H2,9,14)(H,11,13)(H3,10,12,15). The number of amides is 4. The second-order valence-electron chi connectivity index (χ2n) is 2.89. The molecule has 0 aliphatic carbocycles. The summed E-state index contributed by atoms with van der Waals surface area (Å²) in [5.41, 5.74) is 10.1. The van der Waals surface area contributed by atoms with Crippen LogP contribution in [0.3, 0.4) is 0 Å². The number of nitrogens with two attached hydrogens (primary N) is 2. The molecule has 86 valence electrons. The minimum absolute atomic E-state index is 0.104. The van der Waals surface area contributed by atoms with Crippen LogP contribution in [0.1, 0.15) is 17.3 Å². The molecule has 0 bridgehead atoms. The second kappa shape index (κ2) is 4.62. The number of hydrogen-bond acceptors (Lipinski definition) is 4. The summed E-state index contributed by atoms with van der Waals surface area (Å²) in [6.45, 7) is 1.32. The Labute approximate surface area is 94.8 Å². The molecule has 0 aromatic carbocycles. The highest BCUT2D eigenvalue weighted by atomic mass is 32.1. The van der Waals surface area contributed by atoms with E-state index in [0.717, 1.165) is 11.3 Å². The molecule has 0 aliphatic rings. The molecule has 1 heterocycles. The first-order chi connectivity index (χ1) is 7.40. The first-order valence-corrected chi connectivity index (χ1v) is 4.99. The number of nitrogens with one attached hydrogen (secondary N) is 2. The first-order valence-electron chi connectivity index (χ1n) is 4.18. The van der Waals surface area contributed by atoms with Crippen LogP contribution in [0.2, 0.25) is 0 Å². The summed E-state index contributed by atoms with van der Waals surface area (Å²) >= 11 is 1.000. The number of urea groups is 1. The van der Waals surface area contributed by atoms with E-state index in [1.54, 1.807) is 0 Å². The Morgan fingerprint density at radius 1 is 1.25 bits per heavy atom. The van der Waals surface area contributed by atoms with E-state index in [2.05, 4.69) is 10.6 Å². The Balaban J connectivity index is 3.04. The Hall–Kier alpha value is -2.09. The van der Waals surface area contributed by atoms with Gasteiger partial charge in [-0.15, -0.1) is 0 Å². The van der Waals surface area contributed by atoms with Crippen molar-refractivity contribution in [3.8, 4) is 0 Å². The lowest BCUT2D eigenvalue weighted by atomic mass is 10.3. The average Bonchev–Trinajstić information content (AvgIpc) is 2.45. The van der Waals surface area contributed by atoms with E-state index in [9.17, 15) is 14.4 Å². The minimum atomic E-state index is -0.807. The molecule has 0 atom stereocenters. The number of hydrogen-bond donors (Lipinski definition) is 4. The third-order valence-corrected chi connectivity index (χ3v) is 2.50. The van der Waals surface area contributed by atoms with Gasteiger partial charge in [0.25, 0.3) is 5.91 Å². The lowest BCUT2D eigenvalue weighted by Gasteiger charge is -1.98. The van der Waals surface area contributed by atoms with Crippen molar-refractivity contribution in [2.45, 2.75) is 6.92 Å². The zero-order valence-corrected chi connectivity index (χ0v) is 9.18. The van der Waals surface area contributed by atoms with E-state index in [4.69, 9.17) is 11.5 Å². The topological polar surface area (TPSA) is 127 Å². The Bertz CT molecular complexity index is 454. The molecule has 6 N–H and O–H groups in total. The molecule has 0 fully saturated rings. The molecule has 7 nitrogen and oxygen atoms in total. The molecule has 0 radical (unpaired) electrons. The number of thiophene rings is 1. The van der Waals surface area contributed by atoms with Crippen molar-refractivity contribution in [1.29, 1.82) is 0 Å². The van der Waals surface area contributed by atoms with Crippen molar-refractivity contribution in [3.63, 3.8) is 0 Å². The number of carbonyl (C=O) groups is 3. The van der Waals surface area contributed by atoms with Gasteiger partial charge in [-0.1, -0.05) is 11.3 Å². The van der Waals surface area contributed by atoms with E-state index >= 15 is 0 Å². The molecule has 16 heavy (non-hydrogen) atoms. The molecule has 0 aliphatic heterocycles. The van der Waals surface area contributed by atoms with Gasteiger partial charge in [0.1, 0.15) is 5.00 Å². The van der Waals surface area contributed by atoms with E-state index < -0.39 is 11.9 Å². The highest BCUT2D eigenvalue weighted by Crippen LogP contribution is 2.31. The van der Waals surface area contributed by atoms with Crippen molar-refractivity contribution in [1.82, 2.24) is 0 Å². The monoisotopic (exact) mass is 242 g/mol. The molecule has 8 heteroatoms. The lowest BCUT2D eigenvalue weighted by molar-refractivity contribution is -0.114. The van der Waals surface area contributed by atoms with Gasteiger partial charge in [-0.05, 0) is 6.07 Å². The fourth-order valence-corrected chi connectivity index (χ4v) is 2.03. The summed E-state index contributed by atoms with van der Waals surface area (Å²) in [5.74, 6) is -1.00. The molecule has 0 unspecified atom stereocenters. The largest absolute Gasteiger partial charge is 0.366 e. The van der Waals surface area contributed by atoms with Crippen LogP contribution < -0.4 is 22.1 Å². The van der Waals surface area contributed by atoms with E-state index in [1.165, 1.54) is 13.0 Å². The van der Waals surface area contributed by atoms with Crippen LogP contribution in [0.15, 0.2) is 6.07 Å². The molecule has 1 aromatic rings. The van der Waals surface area contributed by atoms with Gasteiger partial charge in [0.2, 0.25) is 5.91 Å². The minimum Gasteiger partial charge on any atom is -0.366 e. The lowest BCUT2D eigenvalue weighted by Crippen LogP contribution is -2.21. The van der Waals surface area contributed by atoms with E-state index in [0.29, 0.717) is 5.00 Å². The van der Waals surface area contributed by atoms with Crippen molar-refractivity contribution in [2.75, 3.05) is 10.6 Å². The average molecular weight is 242 g/mol. The normalized spacial score (nSPS) is 9.56. The summed E-state index contributed by atoms with van der Waals surface area (Å²) in [6, 6.07) is 0.568. The summed E-state index contributed by atoms with van der Waals surface area (Å²) in [7, 11) is 0. The summed E-state index contributed by atoms with van der Waals surface area (Å²) in [5, 5.41) is 5.35. The molecule has 1 aromatic heterocycles. The highest BCUT2D eigenvalue weighted by molar-refractivity contribution is 7.20. The maximum absolute atomic E-state index is 11.0. The Morgan fingerprint density at radius 3 is 2.31 bits per heavy atom. The van der Waals surface area contributed by atoms with Crippen molar-refractivity contribution in [3.05, 3.63) is 11.6 Å². The zero-order chi connectivity index (χ0) is 12.3. The summed E-state index contributed by atoms with van der Waals surface area (Å²) in [6.07, 6.45) is 0. The van der Waals surface area contributed by atoms with Crippen LogP contribution in [0.5, 0.6) is 0 Å². The van der Waals surface area contributed by atoms with Gasteiger partial charge in [0.15, 0.2) is 0 Å². The summed E-state index contributed by atoms with van der Waals surface area (Å²) < 4.78 is 0. The predicted molar refractivity (Wildman–Crippen MR) is 60.3 cm³/mol. The van der Waals surface area contributed by atoms with Gasteiger partial charge in [-0.25, -0.2) is 4.79 Å². The van der Waals surface area contributed by atoms with Crippen molar-refractivity contribution >= 4 is 39.2 Å². The molecular formula is C8H10N4O3S. The van der Waals surface area contributed by atoms with Crippen LogP contribution >= 0.6 is 11.3 Å². The maximum Gasteiger partial charge on any atom is 0.317 e. The van der Waals surface area contributed by atoms with E-state index in [1.807, 2.05) is 0 Å². The second-order valence-corrected chi connectivity index (χ2v) is 3.94. The predicted octanol–water partition coefficient (Wildman–Crippen LogP) is 0.296. The maximum atomic E-state index is 11.0. The fourth-order valence-electron chi connectivity index (χ4n) is 1.01. The van der Waals surface area contributed by atoms with Crippen LogP contribution in [0.4, 0.5) is 14.8 Å². The van der Waals surface area contributed by atoms with Gasteiger partial charge in [-0.3, -0.25) is 14.9 Å². The van der Waals surface area contributed by atoms with Gasteiger partial charge >= 0.3 is 6.03 Å². The zero-order valence-electron chi connectivity index (χ0n) is 8.37. The third kappa shape index (κ3) is 2.95. The molecule has 0 saturated carbocycles. The van der Waals surface area contributed by atoms with Crippen LogP contribution in [0.25, 0.3) is 0 Å². The van der Waals surface area contributed by atoms with Crippen LogP contribution in [0, 0.1) is 0 Å². The summed E-state index contributed by atoms with van der Waals surface area (Å²) in [4.78, 5) is 32.5. The van der Waals surface area contributed by atoms with Crippen molar-refractivity contribution < 1.29 is 14.4 Å². The van der Waals surface area contributed by atoms with Crippen LogP contribution in [-0.4, -0.2) is 17.8 Å². The molecule has 0 spiro atoms. The Kier molecular flexibility index (Phi) is 3.46. The molecule has 0 saturated heterocycles. The van der Waals surface area contributed by atoms with Crippen molar-refractivity contribution in [2.24, 2.45) is 11.5 Å². The van der Waals surface area contributed by atoms with E-state index in [-0.39, 0.29) is 16.5 Å². The molecule has 4 amide bonds. The van der Waals surface area contributed by atoms with Gasteiger partial charge in [-0.2, -0.15) is 0 Å². The molecule has 1 rings (SSSR count). The number of rotatable bonds is 3. The fraction of sp³-hybridized carbons (Fsp3) is 0.125. The number of primary amides is 2. The van der Waals surface area contributed by atoms with Gasteiger partial charge < -0.3 is 16.8 Å². The smallest absolute Gasteiger partial charge is 0.317 e. The van der Waals surface area contributed by atoms with Crippen LogP contribution in [-0.2, 0) is 4.79 Å². The molecular weight excluding hydrogens is 232 g/mol. The van der Waals surface area contributed by atoms with Gasteiger partial charge in [0, 0.05) is 6.92 Å². The number of anilines is 2. The van der Waals surface area contributed by atoms with Gasteiger partial charge in [0.05, 0.1) is 10.6 Å². The Morgan fingerprint density at radius 2 is 1.88 bits per heavy atom. The quantitative estimate of drug-likeness (QED) is 0.608.